The Hall–Kier alpha value is -0.770. The molecule has 0 aliphatic heterocycles. The van der Waals surface area contributed by atoms with Gasteiger partial charge in [0.2, 0.25) is 0 Å². The molecule has 1 aromatic carbocycles. The molecule has 0 aliphatic rings. The maximum atomic E-state index is 5.80. The van der Waals surface area contributed by atoms with Crippen molar-refractivity contribution in [3.63, 3.8) is 0 Å². The molecule has 1 aromatic heterocycles. The van der Waals surface area contributed by atoms with E-state index in [-0.39, 0.29) is 0 Å². The number of halogens is 2. The third-order valence-electron chi connectivity index (χ3n) is 1.88. The molecule has 0 bridgehead atoms. The van der Waals surface area contributed by atoms with Crippen LogP contribution in [0, 0.1) is 0 Å². The van der Waals surface area contributed by atoms with E-state index < -0.39 is 0 Å². The fraction of sp³-hybridized carbons (Fsp3) is 0.0909. The van der Waals surface area contributed by atoms with Gasteiger partial charge in [0.15, 0.2) is 0 Å². The van der Waals surface area contributed by atoms with Crippen molar-refractivity contribution in [1.29, 1.82) is 0 Å². The lowest BCUT2D eigenvalue weighted by molar-refractivity contribution is 1.05. The lowest BCUT2D eigenvalue weighted by Crippen LogP contribution is -1.85. The number of hydrogen-bond acceptors (Lipinski definition) is 3. The fourth-order valence-corrected chi connectivity index (χ4v) is 2.26. The summed E-state index contributed by atoms with van der Waals surface area (Å²) in [6.07, 6.45) is 3.22. The number of benzene rings is 1. The molecule has 82 valence electrons. The van der Waals surface area contributed by atoms with Gasteiger partial charge in [0.05, 0.1) is 12.4 Å². The molecule has 0 amide bonds. The lowest BCUT2D eigenvalue weighted by Gasteiger charge is -2.01. The second-order valence-electron chi connectivity index (χ2n) is 3.10. The van der Waals surface area contributed by atoms with Gasteiger partial charge >= 0.3 is 0 Å². The van der Waals surface area contributed by atoms with Gasteiger partial charge in [-0.3, -0.25) is 4.98 Å². The van der Waals surface area contributed by atoms with Gasteiger partial charge in [0.25, 0.3) is 0 Å². The Labute approximate surface area is 108 Å². The monoisotopic (exact) mass is 270 g/mol. The van der Waals surface area contributed by atoms with Gasteiger partial charge in [-0.05, 0) is 17.7 Å². The van der Waals surface area contributed by atoms with Crippen molar-refractivity contribution >= 4 is 35.0 Å². The van der Waals surface area contributed by atoms with Gasteiger partial charge in [-0.15, -0.1) is 11.8 Å². The lowest BCUT2D eigenvalue weighted by atomic mass is 10.2. The molecule has 0 unspecified atom stereocenters. The molecule has 2 aromatic rings. The van der Waals surface area contributed by atoms with Gasteiger partial charge in [-0.25, -0.2) is 4.98 Å². The van der Waals surface area contributed by atoms with Crippen molar-refractivity contribution in [2.45, 2.75) is 10.8 Å². The molecule has 0 saturated heterocycles. The number of nitrogens with zero attached hydrogens (tertiary/aromatic N) is 2. The van der Waals surface area contributed by atoms with Crippen LogP contribution in [0.5, 0.6) is 0 Å². The molecule has 0 saturated carbocycles. The molecular weight excluding hydrogens is 263 g/mol. The molecule has 0 aliphatic carbocycles. The zero-order chi connectivity index (χ0) is 11.4. The summed E-state index contributed by atoms with van der Waals surface area (Å²) in [6.45, 7) is 0. The van der Waals surface area contributed by atoms with Crippen molar-refractivity contribution < 1.29 is 0 Å². The van der Waals surface area contributed by atoms with Crippen LogP contribution in [0.4, 0.5) is 0 Å². The summed E-state index contributed by atoms with van der Waals surface area (Å²) in [4.78, 5) is 8.12. The summed E-state index contributed by atoms with van der Waals surface area (Å²) in [6, 6.07) is 7.74. The Kier molecular flexibility index (Phi) is 4.04. The topological polar surface area (TPSA) is 25.8 Å². The SMILES string of the molecule is Clc1ccc(CSc2cncc(Cl)n2)cc1. The van der Waals surface area contributed by atoms with Gasteiger partial charge in [-0.2, -0.15) is 0 Å². The predicted octanol–water partition coefficient (Wildman–Crippen LogP) is 4.08. The summed E-state index contributed by atoms with van der Waals surface area (Å²) >= 11 is 13.1. The molecule has 0 N–H and O–H groups in total. The zero-order valence-electron chi connectivity index (χ0n) is 8.23. The van der Waals surface area contributed by atoms with E-state index in [9.17, 15) is 0 Å². The van der Waals surface area contributed by atoms with E-state index in [1.165, 1.54) is 11.8 Å². The van der Waals surface area contributed by atoms with Crippen LogP contribution in [0.1, 0.15) is 5.56 Å². The highest BCUT2D eigenvalue weighted by molar-refractivity contribution is 7.98. The van der Waals surface area contributed by atoms with Crippen LogP contribution >= 0.6 is 35.0 Å². The largest absolute Gasteiger partial charge is 0.259 e. The first kappa shape index (κ1) is 11.7. The first-order chi connectivity index (χ1) is 7.74. The highest BCUT2D eigenvalue weighted by Crippen LogP contribution is 2.22. The zero-order valence-corrected chi connectivity index (χ0v) is 10.6. The van der Waals surface area contributed by atoms with E-state index in [0.29, 0.717) is 5.15 Å². The van der Waals surface area contributed by atoms with E-state index in [0.717, 1.165) is 15.8 Å². The number of thioether (sulfide) groups is 1. The molecule has 16 heavy (non-hydrogen) atoms. The molecule has 5 heteroatoms. The van der Waals surface area contributed by atoms with Gasteiger partial charge < -0.3 is 0 Å². The Morgan fingerprint density at radius 1 is 1.06 bits per heavy atom. The average Bonchev–Trinajstić information content (AvgIpc) is 2.28. The van der Waals surface area contributed by atoms with Crippen LogP contribution in [0.2, 0.25) is 10.2 Å². The Balaban J connectivity index is 1.99. The van der Waals surface area contributed by atoms with Crippen LogP contribution in [0.3, 0.4) is 0 Å². The smallest absolute Gasteiger partial charge is 0.148 e. The minimum Gasteiger partial charge on any atom is -0.259 e. The third-order valence-corrected chi connectivity index (χ3v) is 3.29. The minimum atomic E-state index is 0.418. The van der Waals surface area contributed by atoms with E-state index in [1.807, 2.05) is 24.3 Å². The highest BCUT2D eigenvalue weighted by Gasteiger charge is 1.99. The van der Waals surface area contributed by atoms with Crippen LogP contribution < -0.4 is 0 Å². The van der Waals surface area contributed by atoms with Crippen molar-refractivity contribution in [3.8, 4) is 0 Å². The Bertz CT molecular complexity index is 474. The van der Waals surface area contributed by atoms with E-state index in [4.69, 9.17) is 23.2 Å². The standard InChI is InChI=1S/C11H8Cl2N2S/c12-9-3-1-8(2-4-9)7-16-11-6-14-5-10(13)15-11/h1-6H,7H2. The van der Waals surface area contributed by atoms with Gasteiger partial charge in [0, 0.05) is 10.8 Å². The van der Waals surface area contributed by atoms with Crippen LogP contribution in [0.15, 0.2) is 41.7 Å². The molecular formula is C11H8Cl2N2S. The molecule has 0 atom stereocenters. The van der Waals surface area contributed by atoms with E-state index in [2.05, 4.69) is 9.97 Å². The first-order valence-electron chi connectivity index (χ1n) is 4.59. The second kappa shape index (κ2) is 5.53. The number of aromatic nitrogens is 2. The van der Waals surface area contributed by atoms with Crippen LogP contribution in [-0.2, 0) is 5.75 Å². The van der Waals surface area contributed by atoms with Crippen molar-refractivity contribution in [2.75, 3.05) is 0 Å². The quantitative estimate of drug-likeness (QED) is 0.787. The summed E-state index contributed by atoms with van der Waals surface area (Å²) in [5, 5.41) is 1.99. The summed E-state index contributed by atoms with van der Waals surface area (Å²) < 4.78 is 0. The number of rotatable bonds is 3. The van der Waals surface area contributed by atoms with Gasteiger partial charge in [-0.1, -0.05) is 35.3 Å². The van der Waals surface area contributed by atoms with E-state index in [1.54, 1.807) is 18.0 Å². The normalized spacial score (nSPS) is 10.4. The second-order valence-corrected chi connectivity index (χ2v) is 4.91. The average molecular weight is 271 g/mol. The maximum absolute atomic E-state index is 5.80. The Morgan fingerprint density at radius 3 is 2.50 bits per heavy atom. The third kappa shape index (κ3) is 3.37. The van der Waals surface area contributed by atoms with Crippen LogP contribution in [0.25, 0.3) is 0 Å². The molecule has 1 heterocycles. The molecule has 0 radical (unpaired) electrons. The number of hydrogen-bond donors (Lipinski definition) is 0. The molecule has 0 fully saturated rings. The summed E-state index contributed by atoms with van der Waals surface area (Å²) in [7, 11) is 0. The Morgan fingerprint density at radius 2 is 1.81 bits per heavy atom. The maximum Gasteiger partial charge on any atom is 0.148 e. The molecule has 0 spiro atoms. The molecule has 2 rings (SSSR count). The highest BCUT2D eigenvalue weighted by atomic mass is 35.5. The summed E-state index contributed by atoms with van der Waals surface area (Å²) in [5.41, 5.74) is 1.19. The predicted molar refractivity (Wildman–Crippen MR) is 68.1 cm³/mol. The van der Waals surface area contributed by atoms with E-state index >= 15 is 0 Å². The minimum absolute atomic E-state index is 0.418. The van der Waals surface area contributed by atoms with Crippen molar-refractivity contribution in [1.82, 2.24) is 9.97 Å². The first-order valence-corrected chi connectivity index (χ1v) is 6.33. The molecule has 2 nitrogen and oxygen atoms in total. The van der Waals surface area contributed by atoms with Crippen LogP contribution in [-0.4, -0.2) is 9.97 Å². The van der Waals surface area contributed by atoms with Gasteiger partial charge in [0.1, 0.15) is 10.2 Å². The van der Waals surface area contributed by atoms with Crippen molar-refractivity contribution in [2.24, 2.45) is 0 Å². The van der Waals surface area contributed by atoms with Crippen molar-refractivity contribution in [3.05, 3.63) is 52.4 Å². The fourth-order valence-electron chi connectivity index (χ4n) is 1.13. The summed E-state index contributed by atoms with van der Waals surface area (Å²) in [5.74, 6) is 0.826.